The maximum atomic E-state index is 12.4. The second kappa shape index (κ2) is 8.57. The van der Waals surface area contributed by atoms with E-state index in [1.165, 1.54) is 6.33 Å². The van der Waals surface area contributed by atoms with Gasteiger partial charge in [0, 0.05) is 33.2 Å². The van der Waals surface area contributed by atoms with Crippen molar-refractivity contribution in [3.05, 3.63) is 42.5 Å². The lowest BCUT2D eigenvalue weighted by Crippen LogP contribution is -2.46. The second-order valence-corrected chi connectivity index (χ2v) is 6.29. The van der Waals surface area contributed by atoms with Gasteiger partial charge in [-0.1, -0.05) is 12.1 Å². The fraction of sp³-hybridized carbons (Fsp3) is 0.444. The Bertz CT molecular complexity index is 730. The molecule has 0 spiro atoms. The number of nitrogens with one attached hydrogen (secondary N) is 1. The molecule has 1 N–H and O–H groups in total. The van der Waals surface area contributed by atoms with Crippen molar-refractivity contribution in [3.63, 3.8) is 0 Å². The Labute approximate surface area is 152 Å². The third-order valence-corrected chi connectivity index (χ3v) is 4.52. The summed E-state index contributed by atoms with van der Waals surface area (Å²) in [5, 5.41) is 7.05. The molecule has 3 rings (SSSR count). The Morgan fingerprint density at radius 1 is 1.35 bits per heavy atom. The molecule has 2 amide bonds. The van der Waals surface area contributed by atoms with Crippen molar-refractivity contribution in [2.45, 2.75) is 19.4 Å². The van der Waals surface area contributed by atoms with Gasteiger partial charge in [-0.15, -0.1) is 0 Å². The Morgan fingerprint density at radius 3 is 2.85 bits per heavy atom. The van der Waals surface area contributed by atoms with Crippen molar-refractivity contribution < 1.29 is 14.3 Å². The highest BCUT2D eigenvalue weighted by Crippen LogP contribution is 2.18. The number of amides is 2. The molecule has 1 aromatic carbocycles. The van der Waals surface area contributed by atoms with E-state index in [9.17, 15) is 9.59 Å². The van der Waals surface area contributed by atoms with Crippen molar-refractivity contribution in [1.29, 1.82) is 0 Å². The fourth-order valence-electron chi connectivity index (χ4n) is 2.99. The van der Waals surface area contributed by atoms with Gasteiger partial charge in [0.15, 0.2) is 0 Å². The standard InChI is InChI=1S/C18H23N5O3/c1-26-9-8-22-11-15(4-7-17(22)24)18(25)20-10-14-2-5-16(6-3-14)23-13-19-12-21-23/h2-3,5-6,12-13,15H,4,7-11H2,1H3,(H,20,25). The molecule has 138 valence electrons. The summed E-state index contributed by atoms with van der Waals surface area (Å²) in [4.78, 5) is 30.0. The number of methoxy groups -OCH3 is 1. The van der Waals surface area contributed by atoms with Crippen molar-refractivity contribution in [3.8, 4) is 5.69 Å². The summed E-state index contributed by atoms with van der Waals surface area (Å²) in [6.45, 7) is 1.93. The van der Waals surface area contributed by atoms with Crippen molar-refractivity contribution >= 4 is 11.8 Å². The van der Waals surface area contributed by atoms with E-state index < -0.39 is 0 Å². The SMILES string of the molecule is COCCN1CC(C(=O)NCc2ccc(-n3cncn3)cc2)CCC1=O. The van der Waals surface area contributed by atoms with E-state index in [0.29, 0.717) is 39.1 Å². The van der Waals surface area contributed by atoms with E-state index in [0.717, 1.165) is 11.3 Å². The van der Waals surface area contributed by atoms with Crippen LogP contribution in [0.4, 0.5) is 0 Å². The van der Waals surface area contributed by atoms with Crippen LogP contribution in [0.25, 0.3) is 5.69 Å². The number of benzene rings is 1. The summed E-state index contributed by atoms with van der Waals surface area (Å²) in [6.07, 6.45) is 4.13. The summed E-state index contributed by atoms with van der Waals surface area (Å²) in [5.41, 5.74) is 1.92. The molecule has 0 saturated carbocycles. The van der Waals surface area contributed by atoms with Gasteiger partial charge in [-0.05, 0) is 24.1 Å². The molecule has 0 radical (unpaired) electrons. The molecular weight excluding hydrogens is 334 g/mol. The molecule has 0 bridgehead atoms. The molecule has 1 aliphatic heterocycles. The van der Waals surface area contributed by atoms with Crippen LogP contribution in [0.5, 0.6) is 0 Å². The molecule has 8 heteroatoms. The van der Waals surface area contributed by atoms with Crippen LogP contribution in [-0.4, -0.2) is 58.3 Å². The Balaban J connectivity index is 1.51. The lowest BCUT2D eigenvalue weighted by Gasteiger charge is -2.31. The molecule has 0 aliphatic carbocycles. The van der Waals surface area contributed by atoms with Gasteiger partial charge >= 0.3 is 0 Å². The van der Waals surface area contributed by atoms with E-state index in [1.54, 1.807) is 23.0 Å². The van der Waals surface area contributed by atoms with Crippen LogP contribution in [-0.2, 0) is 20.9 Å². The molecule has 1 aliphatic rings. The average Bonchev–Trinajstić information content (AvgIpc) is 3.20. The highest BCUT2D eigenvalue weighted by Gasteiger charge is 2.29. The third-order valence-electron chi connectivity index (χ3n) is 4.52. The maximum Gasteiger partial charge on any atom is 0.225 e. The number of ether oxygens (including phenoxy) is 1. The normalized spacial score (nSPS) is 17.3. The zero-order chi connectivity index (χ0) is 18.4. The molecule has 26 heavy (non-hydrogen) atoms. The van der Waals surface area contributed by atoms with Gasteiger partial charge in [-0.2, -0.15) is 5.10 Å². The molecular formula is C18H23N5O3. The summed E-state index contributed by atoms with van der Waals surface area (Å²) in [7, 11) is 1.60. The fourth-order valence-corrected chi connectivity index (χ4v) is 2.99. The number of nitrogens with zero attached hydrogens (tertiary/aromatic N) is 4. The van der Waals surface area contributed by atoms with E-state index in [4.69, 9.17) is 4.74 Å². The topological polar surface area (TPSA) is 89.3 Å². The van der Waals surface area contributed by atoms with Crippen LogP contribution < -0.4 is 5.32 Å². The van der Waals surface area contributed by atoms with Gasteiger partial charge < -0.3 is 15.0 Å². The monoisotopic (exact) mass is 357 g/mol. The number of piperidine rings is 1. The quantitative estimate of drug-likeness (QED) is 0.791. The number of hydrogen-bond acceptors (Lipinski definition) is 5. The van der Waals surface area contributed by atoms with E-state index in [2.05, 4.69) is 15.4 Å². The van der Waals surface area contributed by atoms with Gasteiger partial charge in [0.1, 0.15) is 12.7 Å². The smallest absolute Gasteiger partial charge is 0.225 e. The van der Waals surface area contributed by atoms with E-state index >= 15 is 0 Å². The zero-order valence-electron chi connectivity index (χ0n) is 14.8. The van der Waals surface area contributed by atoms with Crippen LogP contribution >= 0.6 is 0 Å². The van der Waals surface area contributed by atoms with Gasteiger partial charge in [-0.25, -0.2) is 9.67 Å². The highest BCUT2D eigenvalue weighted by atomic mass is 16.5. The predicted molar refractivity (Wildman–Crippen MR) is 94.4 cm³/mol. The maximum absolute atomic E-state index is 12.4. The largest absolute Gasteiger partial charge is 0.383 e. The molecule has 2 aromatic rings. The molecule has 8 nitrogen and oxygen atoms in total. The van der Waals surface area contributed by atoms with Gasteiger partial charge in [0.25, 0.3) is 0 Å². The van der Waals surface area contributed by atoms with E-state index in [-0.39, 0.29) is 17.7 Å². The van der Waals surface area contributed by atoms with Gasteiger partial charge in [0.2, 0.25) is 11.8 Å². The van der Waals surface area contributed by atoms with Crippen LogP contribution in [0.2, 0.25) is 0 Å². The van der Waals surface area contributed by atoms with Crippen LogP contribution in [0.1, 0.15) is 18.4 Å². The lowest BCUT2D eigenvalue weighted by atomic mass is 9.96. The van der Waals surface area contributed by atoms with Gasteiger partial charge in [0.05, 0.1) is 18.2 Å². The molecule has 1 aromatic heterocycles. The van der Waals surface area contributed by atoms with Crippen molar-refractivity contribution in [2.75, 3.05) is 26.8 Å². The number of carbonyl (C=O) groups is 2. The first-order valence-corrected chi connectivity index (χ1v) is 8.65. The zero-order valence-corrected chi connectivity index (χ0v) is 14.8. The first-order chi connectivity index (χ1) is 12.7. The first-order valence-electron chi connectivity index (χ1n) is 8.65. The predicted octanol–water partition coefficient (Wildman–Crippen LogP) is 0.769. The molecule has 1 atom stereocenters. The Kier molecular flexibility index (Phi) is 5.96. The van der Waals surface area contributed by atoms with Crippen LogP contribution in [0, 0.1) is 5.92 Å². The molecule has 2 heterocycles. The summed E-state index contributed by atoms with van der Waals surface area (Å²) < 4.78 is 6.70. The van der Waals surface area contributed by atoms with Crippen molar-refractivity contribution in [1.82, 2.24) is 25.0 Å². The Hall–Kier alpha value is -2.74. The highest BCUT2D eigenvalue weighted by molar-refractivity contribution is 5.83. The summed E-state index contributed by atoms with van der Waals surface area (Å²) in [6, 6.07) is 7.77. The first kappa shape index (κ1) is 18.1. The molecule has 1 fully saturated rings. The minimum absolute atomic E-state index is 0.0136. The minimum Gasteiger partial charge on any atom is -0.383 e. The number of hydrogen-bond donors (Lipinski definition) is 1. The number of likely N-dealkylation sites (tertiary alicyclic amines) is 1. The van der Waals surface area contributed by atoms with Crippen molar-refractivity contribution in [2.24, 2.45) is 5.92 Å². The van der Waals surface area contributed by atoms with Crippen LogP contribution in [0.3, 0.4) is 0 Å². The summed E-state index contributed by atoms with van der Waals surface area (Å²) >= 11 is 0. The summed E-state index contributed by atoms with van der Waals surface area (Å²) in [5.74, 6) is -0.0888. The number of rotatable bonds is 7. The molecule has 1 unspecified atom stereocenters. The Morgan fingerprint density at radius 2 is 2.15 bits per heavy atom. The second-order valence-electron chi connectivity index (χ2n) is 6.29. The average molecular weight is 357 g/mol. The number of aromatic nitrogens is 3. The van der Waals surface area contributed by atoms with E-state index in [1.807, 2.05) is 24.3 Å². The number of carbonyl (C=O) groups excluding carboxylic acids is 2. The molecule has 1 saturated heterocycles. The minimum atomic E-state index is -0.168. The third kappa shape index (κ3) is 4.45. The lowest BCUT2D eigenvalue weighted by molar-refractivity contribution is -0.138. The van der Waals surface area contributed by atoms with Crippen LogP contribution in [0.15, 0.2) is 36.9 Å². The van der Waals surface area contributed by atoms with Gasteiger partial charge in [-0.3, -0.25) is 9.59 Å².